The first kappa shape index (κ1) is 32.4. The molecule has 3 saturated heterocycles. The summed E-state index contributed by atoms with van der Waals surface area (Å²) in [5, 5.41) is 6.97. The van der Waals surface area contributed by atoms with Gasteiger partial charge in [0.2, 0.25) is 0 Å². The molecule has 242 valence electrons. The van der Waals surface area contributed by atoms with Gasteiger partial charge in [0.1, 0.15) is 6.33 Å². The van der Waals surface area contributed by atoms with Crippen molar-refractivity contribution in [3.63, 3.8) is 0 Å². The number of benzene rings is 1. The van der Waals surface area contributed by atoms with Crippen molar-refractivity contribution in [2.24, 2.45) is 0 Å². The fourth-order valence-electron chi connectivity index (χ4n) is 6.28. The van der Waals surface area contributed by atoms with Crippen molar-refractivity contribution >= 4 is 11.7 Å². The van der Waals surface area contributed by atoms with Gasteiger partial charge in [0.05, 0.1) is 37.6 Å². The summed E-state index contributed by atoms with van der Waals surface area (Å²) >= 11 is 0. The maximum Gasteiger partial charge on any atom is 0.416 e. The molecule has 3 fully saturated rings. The Morgan fingerprint density at radius 3 is 2.55 bits per heavy atom. The number of carbonyl (C=O) groups is 1. The summed E-state index contributed by atoms with van der Waals surface area (Å²) in [4.78, 5) is 23.9. The van der Waals surface area contributed by atoms with E-state index in [1.807, 2.05) is 4.90 Å². The topological polar surface area (TPSA) is 107 Å². The number of carbonyl (C=O) groups excluding carboxylic acids is 1. The van der Waals surface area contributed by atoms with E-state index in [0.717, 1.165) is 62.8 Å². The fourth-order valence-corrected chi connectivity index (χ4v) is 6.28. The minimum absolute atomic E-state index is 0.0322. The zero-order chi connectivity index (χ0) is 31.1. The number of anilines is 1. The van der Waals surface area contributed by atoms with Crippen molar-refractivity contribution in [3.8, 4) is 5.75 Å². The summed E-state index contributed by atoms with van der Waals surface area (Å²) in [5.41, 5.74) is 0.303. The van der Waals surface area contributed by atoms with Crippen LogP contribution in [0.3, 0.4) is 0 Å². The van der Waals surface area contributed by atoms with Gasteiger partial charge < -0.3 is 34.5 Å². The average Bonchev–Trinajstić information content (AvgIpc) is 3.04. The molecule has 1 amide bonds. The normalized spacial score (nSPS) is 25.1. The quantitative estimate of drug-likeness (QED) is 0.393. The van der Waals surface area contributed by atoms with E-state index >= 15 is 0 Å². The lowest BCUT2D eigenvalue weighted by Crippen LogP contribution is -2.54. The molecule has 2 N–H and O–H groups in total. The highest BCUT2D eigenvalue weighted by Gasteiger charge is 2.33. The third kappa shape index (κ3) is 7.98. The molecule has 3 aliphatic rings. The van der Waals surface area contributed by atoms with Crippen LogP contribution in [0, 0.1) is 0 Å². The number of ether oxygens (including phenoxy) is 4. The second-order valence-corrected chi connectivity index (χ2v) is 11.6. The number of halogens is 3. The molecule has 4 atom stereocenters. The minimum atomic E-state index is -4.36. The Labute approximate surface area is 256 Å². The fraction of sp³-hybridized carbons (Fsp3) is 0.645. The van der Waals surface area contributed by atoms with Crippen molar-refractivity contribution < 1.29 is 36.9 Å². The Morgan fingerprint density at radius 1 is 1.07 bits per heavy atom. The van der Waals surface area contributed by atoms with Gasteiger partial charge in [-0.15, -0.1) is 0 Å². The van der Waals surface area contributed by atoms with Crippen LogP contribution in [-0.2, 0) is 20.4 Å². The number of nitrogens with one attached hydrogen (secondary N) is 2. The van der Waals surface area contributed by atoms with Crippen molar-refractivity contribution in [2.75, 3.05) is 52.4 Å². The standard InChI is InChI=1S/C31H42F3N5O5/c1-41-26-18-43-17-13-24(26)38-22-11-15-39(16-12-22)30(40)27-28(42-2)29(37-19-36-27)35-14-10-23-4-3-5-25(44-23)20-6-8-21(9-7-20)31(32,33)34/h6-9,19,22-26,38H,3-5,10-18H2,1-2H3,(H,35,36,37). The smallest absolute Gasteiger partial charge is 0.416 e. The molecule has 5 rings (SSSR count). The van der Waals surface area contributed by atoms with Crippen molar-refractivity contribution in [3.05, 3.63) is 47.4 Å². The van der Waals surface area contributed by atoms with Gasteiger partial charge in [-0.05, 0) is 62.6 Å². The predicted octanol–water partition coefficient (Wildman–Crippen LogP) is 4.61. The van der Waals surface area contributed by atoms with Gasteiger partial charge in [-0.1, -0.05) is 12.1 Å². The molecule has 13 heteroatoms. The summed E-state index contributed by atoms with van der Waals surface area (Å²) in [5.74, 6) is 0.541. The Balaban J connectivity index is 1.12. The van der Waals surface area contributed by atoms with E-state index in [1.165, 1.54) is 25.6 Å². The van der Waals surface area contributed by atoms with Crippen LogP contribution >= 0.6 is 0 Å². The number of alkyl halides is 3. The lowest BCUT2D eigenvalue weighted by Gasteiger charge is -2.38. The Kier molecular flexibility index (Phi) is 10.9. The molecule has 2 aromatic rings. The number of amides is 1. The highest BCUT2D eigenvalue weighted by molar-refractivity contribution is 5.96. The highest BCUT2D eigenvalue weighted by atomic mass is 19.4. The van der Waals surface area contributed by atoms with Crippen molar-refractivity contribution in [1.29, 1.82) is 0 Å². The molecular weight excluding hydrogens is 579 g/mol. The summed E-state index contributed by atoms with van der Waals surface area (Å²) in [6.45, 7) is 3.03. The maximum atomic E-state index is 13.5. The van der Waals surface area contributed by atoms with Gasteiger partial charge in [0.15, 0.2) is 17.3 Å². The van der Waals surface area contributed by atoms with Gasteiger partial charge >= 0.3 is 6.18 Å². The highest BCUT2D eigenvalue weighted by Crippen LogP contribution is 2.35. The van der Waals surface area contributed by atoms with E-state index in [4.69, 9.17) is 18.9 Å². The van der Waals surface area contributed by atoms with Gasteiger partial charge in [-0.3, -0.25) is 4.79 Å². The van der Waals surface area contributed by atoms with Crippen LogP contribution < -0.4 is 15.4 Å². The van der Waals surface area contributed by atoms with E-state index in [1.54, 1.807) is 7.11 Å². The first-order valence-electron chi connectivity index (χ1n) is 15.4. The zero-order valence-corrected chi connectivity index (χ0v) is 25.3. The average molecular weight is 622 g/mol. The minimum Gasteiger partial charge on any atom is -0.491 e. The molecule has 3 aliphatic heterocycles. The molecule has 44 heavy (non-hydrogen) atoms. The molecule has 4 heterocycles. The molecule has 0 aliphatic carbocycles. The Hall–Kier alpha value is -3.00. The predicted molar refractivity (Wildman–Crippen MR) is 157 cm³/mol. The SMILES string of the molecule is COc1c(NCCC2CCCC(c3ccc(C(F)(F)F)cc3)O2)ncnc1C(=O)N1CCC(NC2CCOCC2OC)CC1. The van der Waals surface area contributed by atoms with Gasteiger partial charge in [0, 0.05) is 45.4 Å². The maximum absolute atomic E-state index is 13.5. The molecule has 1 aromatic carbocycles. The summed E-state index contributed by atoms with van der Waals surface area (Å²) in [6, 6.07) is 5.75. The number of aromatic nitrogens is 2. The number of piperidine rings is 1. The first-order valence-corrected chi connectivity index (χ1v) is 15.4. The van der Waals surface area contributed by atoms with E-state index in [0.29, 0.717) is 50.3 Å². The lowest BCUT2D eigenvalue weighted by molar-refractivity contribution is -0.137. The lowest BCUT2D eigenvalue weighted by atomic mass is 9.96. The van der Waals surface area contributed by atoms with Gasteiger partial charge in [-0.25, -0.2) is 9.97 Å². The first-order chi connectivity index (χ1) is 21.3. The molecule has 1 aromatic heterocycles. The third-order valence-electron chi connectivity index (χ3n) is 8.77. The number of rotatable bonds is 10. The molecule has 0 saturated carbocycles. The summed E-state index contributed by atoms with van der Waals surface area (Å²) < 4.78 is 61.8. The molecule has 4 unspecified atom stereocenters. The number of hydrogen-bond acceptors (Lipinski definition) is 9. The molecule has 0 radical (unpaired) electrons. The van der Waals surface area contributed by atoms with E-state index < -0.39 is 11.7 Å². The number of nitrogens with zero attached hydrogens (tertiary/aromatic N) is 3. The van der Waals surface area contributed by atoms with Crippen LogP contribution in [0.5, 0.6) is 5.75 Å². The van der Waals surface area contributed by atoms with Crippen molar-refractivity contribution in [2.45, 2.75) is 81.5 Å². The summed E-state index contributed by atoms with van der Waals surface area (Å²) in [7, 11) is 3.20. The van der Waals surface area contributed by atoms with Crippen molar-refractivity contribution in [1.82, 2.24) is 20.2 Å². The van der Waals surface area contributed by atoms with E-state index in [9.17, 15) is 18.0 Å². The van der Waals surface area contributed by atoms with Crippen LogP contribution in [0.25, 0.3) is 0 Å². The molecule has 0 bridgehead atoms. The molecular formula is C31H42F3N5O5. The monoisotopic (exact) mass is 621 g/mol. The van der Waals surface area contributed by atoms with E-state index in [-0.39, 0.29) is 36.0 Å². The molecule has 10 nitrogen and oxygen atoms in total. The second-order valence-electron chi connectivity index (χ2n) is 11.6. The van der Waals surface area contributed by atoms with Crippen LogP contribution in [0.1, 0.15) is 72.7 Å². The number of hydrogen-bond donors (Lipinski definition) is 2. The largest absolute Gasteiger partial charge is 0.491 e. The third-order valence-corrected chi connectivity index (χ3v) is 8.77. The van der Waals surface area contributed by atoms with Crippen LogP contribution in [0.4, 0.5) is 19.0 Å². The molecule has 0 spiro atoms. The number of methoxy groups -OCH3 is 2. The van der Waals surface area contributed by atoms with Crippen LogP contribution in [-0.4, -0.2) is 92.1 Å². The summed E-state index contributed by atoms with van der Waals surface area (Å²) in [6.07, 6.45) is 2.47. The number of likely N-dealkylation sites (tertiary alicyclic amines) is 1. The second kappa shape index (κ2) is 14.9. The van der Waals surface area contributed by atoms with E-state index in [2.05, 4.69) is 20.6 Å². The van der Waals surface area contributed by atoms with Crippen LogP contribution in [0.15, 0.2) is 30.6 Å². The van der Waals surface area contributed by atoms with Crippen LogP contribution in [0.2, 0.25) is 0 Å². The Morgan fingerprint density at radius 2 is 1.84 bits per heavy atom. The van der Waals surface area contributed by atoms with Gasteiger partial charge in [0.25, 0.3) is 5.91 Å². The zero-order valence-electron chi connectivity index (χ0n) is 25.3. The Bertz CT molecular complexity index is 1230. The van der Waals surface area contributed by atoms with Gasteiger partial charge in [-0.2, -0.15) is 13.2 Å².